The van der Waals surface area contributed by atoms with Crippen molar-refractivity contribution in [2.45, 2.75) is 17.9 Å². The van der Waals surface area contributed by atoms with E-state index < -0.39 is 15.9 Å². The fourth-order valence-electron chi connectivity index (χ4n) is 4.20. The van der Waals surface area contributed by atoms with Crippen LogP contribution in [0, 0.1) is 0 Å². The molecule has 0 bridgehead atoms. The first-order valence-electron chi connectivity index (χ1n) is 11.6. The topological polar surface area (TPSA) is 133 Å². The van der Waals surface area contributed by atoms with Gasteiger partial charge in [0.1, 0.15) is 11.6 Å². The third-order valence-corrected chi connectivity index (χ3v) is 7.43. The highest BCUT2D eigenvalue weighted by atomic mass is 35.5. The number of aromatic nitrogens is 4. The van der Waals surface area contributed by atoms with Gasteiger partial charge in [-0.1, -0.05) is 48.0 Å². The molecule has 2 aromatic heterocycles. The molecule has 0 aliphatic heterocycles. The molecule has 0 aliphatic rings. The maximum atomic E-state index is 13.7. The Morgan fingerprint density at radius 3 is 2.47 bits per heavy atom. The van der Waals surface area contributed by atoms with Crippen LogP contribution in [0.5, 0.6) is 0 Å². The Morgan fingerprint density at radius 1 is 1.00 bits per heavy atom. The lowest BCUT2D eigenvalue weighted by Crippen LogP contribution is -2.27. The molecule has 0 spiro atoms. The zero-order valence-corrected chi connectivity index (χ0v) is 22.0. The summed E-state index contributed by atoms with van der Waals surface area (Å²) in [6, 6.07) is 20.2. The van der Waals surface area contributed by atoms with Gasteiger partial charge in [-0.15, -0.1) is 0 Å². The maximum absolute atomic E-state index is 13.7. The van der Waals surface area contributed by atoms with E-state index in [9.17, 15) is 13.2 Å². The van der Waals surface area contributed by atoms with E-state index in [1.807, 2.05) is 37.3 Å². The number of hydrogen-bond donors (Lipinski definition) is 2. The summed E-state index contributed by atoms with van der Waals surface area (Å²) >= 11 is 6.39. The first-order chi connectivity index (χ1) is 18.1. The fraction of sp³-hybridized carbons (Fsp3) is 0.111. The summed E-state index contributed by atoms with van der Waals surface area (Å²) in [4.78, 5) is 27.2. The van der Waals surface area contributed by atoms with Crippen LogP contribution in [0.4, 0.5) is 11.8 Å². The van der Waals surface area contributed by atoms with Crippen LogP contribution in [0.2, 0.25) is 5.02 Å². The fourth-order valence-corrected chi connectivity index (χ4v) is 5.12. The van der Waals surface area contributed by atoms with Gasteiger partial charge in [0.2, 0.25) is 5.95 Å². The van der Waals surface area contributed by atoms with Gasteiger partial charge in [-0.05, 0) is 48.9 Å². The Labute approximate surface area is 223 Å². The molecule has 3 N–H and O–H groups in total. The third-order valence-electron chi connectivity index (χ3n) is 6.01. The smallest absolute Gasteiger partial charge is 0.267 e. The largest absolute Gasteiger partial charge is 0.368 e. The van der Waals surface area contributed by atoms with E-state index in [0.29, 0.717) is 44.4 Å². The molecule has 0 saturated heterocycles. The highest BCUT2D eigenvalue weighted by Crippen LogP contribution is 2.31. The van der Waals surface area contributed by atoms with E-state index in [1.54, 1.807) is 36.4 Å². The number of para-hydroxylation sites is 1. The molecule has 11 heteroatoms. The van der Waals surface area contributed by atoms with Crippen molar-refractivity contribution in [3.8, 4) is 16.8 Å². The second-order valence-corrected chi connectivity index (χ2v) is 11.2. The Hall–Kier alpha value is -4.28. The summed E-state index contributed by atoms with van der Waals surface area (Å²) in [6.07, 6.45) is 2.67. The summed E-state index contributed by atoms with van der Waals surface area (Å²) in [5.74, 6) is 0.807. The molecule has 5 aromatic rings. The summed E-state index contributed by atoms with van der Waals surface area (Å²) in [5.41, 5.74) is 7.81. The normalized spacial score (nSPS) is 12.4. The summed E-state index contributed by atoms with van der Waals surface area (Å²) in [7, 11) is -3.43. The second kappa shape index (κ2) is 9.88. The Morgan fingerprint density at radius 2 is 1.74 bits per heavy atom. The predicted molar refractivity (Wildman–Crippen MR) is 149 cm³/mol. The standard InChI is InChI=1S/C27H23ClN6O3S/c1-16(31-24-20(15-30-27(29)33-24)17-8-6-11-19(14-17)38(2,36)37)25-32-22-13-7-12-21(28)23(22)26(35)34(25)18-9-4-3-5-10-18/h3-16H,1-2H3,(H3,29,30,31,33)/t16-/m0/s1. The van der Waals surface area contributed by atoms with Gasteiger partial charge in [0.05, 0.1) is 32.6 Å². The molecule has 5 rings (SSSR count). The lowest BCUT2D eigenvalue weighted by atomic mass is 10.1. The number of nitrogen functional groups attached to an aromatic ring is 1. The first kappa shape index (κ1) is 25.4. The number of hydrogen-bond acceptors (Lipinski definition) is 8. The highest BCUT2D eigenvalue weighted by molar-refractivity contribution is 7.90. The minimum absolute atomic E-state index is 0.0291. The molecule has 0 radical (unpaired) electrons. The molecule has 0 fully saturated rings. The number of nitrogens with zero attached hydrogens (tertiary/aromatic N) is 4. The summed E-state index contributed by atoms with van der Waals surface area (Å²) < 4.78 is 25.8. The third kappa shape index (κ3) is 4.83. The molecule has 0 amide bonds. The van der Waals surface area contributed by atoms with Crippen molar-refractivity contribution >= 4 is 44.1 Å². The first-order valence-corrected chi connectivity index (χ1v) is 13.9. The predicted octanol–water partition coefficient (Wildman–Crippen LogP) is 4.65. The quantitative estimate of drug-likeness (QED) is 0.314. The van der Waals surface area contributed by atoms with Crippen LogP contribution in [0.25, 0.3) is 27.7 Å². The van der Waals surface area contributed by atoms with Crippen molar-refractivity contribution in [2.75, 3.05) is 17.3 Å². The average molecular weight is 547 g/mol. The number of nitrogens with one attached hydrogen (secondary N) is 1. The molecule has 2 heterocycles. The Balaban J connectivity index is 1.66. The molecule has 38 heavy (non-hydrogen) atoms. The minimum atomic E-state index is -3.43. The maximum Gasteiger partial charge on any atom is 0.267 e. The van der Waals surface area contributed by atoms with Gasteiger partial charge in [0.15, 0.2) is 9.84 Å². The lowest BCUT2D eigenvalue weighted by molar-refractivity contribution is 0.602. The molecule has 0 aliphatic carbocycles. The number of benzene rings is 3. The van der Waals surface area contributed by atoms with E-state index in [4.69, 9.17) is 22.3 Å². The van der Waals surface area contributed by atoms with Gasteiger partial charge >= 0.3 is 0 Å². The average Bonchev–Trinajstić information content (AvgIpc) is 2.88. The Kier molecular flexibility index (Phi) is 6.60. The number of nitrogens with two attached hydrogens (primary N) is 1. The SMILES string of the molecule is C[C@H](Nc1nc(N)ncc1-c1cccc(S(C)(=O)=O)c1)c1nc2cccc(Cl)c2c(=O)n1-c1ccccc1. The van der Waals surface area contributed by atoms with Gasteiger partial charge in [0.25, 0.3) is 5.56 Å². The monoisotopic (exact) mass is 546 g/mol. The number of fused-ring (bicyclic) bond motifs is 1. The molecule has 192 valence electrons. The van der Waals surface area contributed by atoms with Crippen LogP contribution in [-0.4, -0.2) is 34.2 Å². The van der Waals surface area contributed by atoms with Crippen LogP contribution in [0.3, 0.4) is 0 Å². The summed E-state index contributed by atoms with van der Waals surface area (Å²) in [6.45, 7) is 1.84. The van der Waals surface area contributed by atoms with Crippen LogP contribution in [-0.2, 0) is 9.84 Å². The van der Waals surface area contributed by atoms with Gasteiger partial charge in [0, 0.05) is 18.0 Å². The van der Waals surface area contributed by atoms with Gasteiger partial charge in [-0.2, -0.15) is 4.98 Å². The van der Waals surface area contributed by atoms with E-state index in [-0.39, 0.29) is 16.4 Å². The van der Waals surface area contributed by atoms with Gasteiger partial charge in [-0.3, -0.25) is 9.36 Å². The molecule has 0 unspecified atom stereocenters. The van der Waals surface area contributed by atoms with Crippen molar-refractivity contribution < 1.29 is 8.42 Å². The van der Waals surface area contributed by atoms with E-state index in [2.05, 4.69) is 15.3 Å². The second-order valence-electron chi connectivity index (χ2n) is 8.74. The van der Waals surface area contributed by atoms with Crippen LogP contribution in [0.1, 0.15) is 18.8 Å². The molecule has 3 aromatic carbocycles. The molecule has 9 nitrogen and oxygen atoms in total. The van der Waals surface area contributed by atoms with Crippen molar-refractivity contribution in [1.29, 1.82) is 0 Å². The van der Waals surface area contributed by atoms with Crippen LogP contribution < -0.4 is 16.6 Å². The van der Waals surface area contributed by atoms with Crippen molar-refractivity contribution in [3.63, 3.8) is 0 Å². The lowest BCUT2D eigenvalue weighted by Gasteiger charge is -2.21. The van der Waals surface area contributed by atoms with E-state index in [0.717, 1.165) is 6.26 Å². The molecule has 0 saturated carbocycles. The van der Waals surface area contributed by atoms with Crippen LogP contribution >= 0.6 is 11.6 Å². The van der Waals surface area contributed by atoms with Gasteiger partial charge in [-0.25, -0.2) is 18.4 Å². The van der Waals surface area contributed by atoms with Crippen molar-refractivity contribution in [1.82, 2.24) is 19.5 Å². The number of anilines is 2. The van der Waals surface area contributed by atoms with Crippen LogP contribution in [0.15, 0.2) is 88.7 Å². The molecular weight excluding hydrogens is 524 g/mol. The van der Waals surface area contributed by atoms with E-state index in [1.165, 1.54) is 16.8 Å². The molecular formula is C27H23ClN6O3S. The number of sulfone groups is 1. The number of halogens is 1. The van der Waals surface area contributed by atoms with Crippen molar-refractivity contribution in [3.05, 3.63) is 100 Å². The molecule has 1 atom stereocenters. The minimum Gasteiger partial charge on any atom is -0.368 e. The van der Waals surface area contributed by atoms with Crippen molar-refractivity contribution in [2.24, 2.45) is 0 Å². The van der Waals surface area contributed by atoms with Gasteiger partial charge < -0.3 is 11.1 Å². The van der Waals surface area contributed by atoms with E-state index >= 15 is 0 Å². The zero-order valence-electron chi connectivity index (χ0n) is 20.5. The Bertz CT molecular complexity index is 1840. The highest BCUT2D eigenvalue weighted by Gasteiger charge is 2.21. The number of rotatable bonds is 6. The summed E-state index contributed by atoms with van der Waals surface area (Å²) in [5, 5.41) is 3.94. The zero-order chi connectivity index (χ0) is 27.0.